The van der Waals surface area contributed by atoms with E-state index in [-0.39, 0.29) is 16.7 Å². The van der Waals surface area contributed by atoms with E-state index in [4.69, 9.17) is 5.73 Å². The SMILES string of the molecule is C=C(NC(=O)[C@H](CC1CCCC1)c1ccc(S(C)(=O)=O)cc1)S/C=C\N. The number of nitrogens with two attached hydrogens (primary N) is 1. The number of hydrogen-bond donors (Lipinski definition) is 2. The molecule has 0 radical (unpaired) electrons. The minimum atomic E-state index is -3.25. The Kier molecular flexibility index (Phi) is 7.34. The maximum absolute atomic E-state index is 12.8. The smallest absolute Gasteiger partial charge is 0.232 e. The Labute approximate surface area is 160 Å². The van der Waals surface area contributed by atoms with Crippen molar-refractivity contribution in [2.45, 2.75) is 42.9 Å². The first kappa shape index (κ1) is 20.6. The maximum Gasteiger partial charge on any atom is 0.232 e. The molecule has 1 fully saturated rings. The molecule has 1 atom stereocenters. The molecule has 0 bridgehead atoms. The first-order chi connectivity index (χ1) is 12.3. The average Bonchev–Trinajstić information content (AvgIpc) is 3.10. The molecule has 1 amide bonds. The Balaban J connectivity index is 2.19. The highest BCUT2D eigenvalue weighted by Gasteiger charge is 2.27. The summed E-state index contributed by atoms with van der Waals surface area (Å²) in [5.74, 6) is 0.0723. The van der Waals surface area contributed by atoms with Crippen LogP contribution in [0.5, 0.6) is 0 Å². The number of benzene rings is 1. The van der Waals surface area contributed by atoms with Gasteiger partial charge in [0.1, 0.15) is 0 Å². The van der Waals surface area contributed by atoms with Gasteiger partial charge in [0, 0.05) is 12.5 Å². The molecule has 1 aliphatic carbocycles. The number of hydrogen-bond acceptors (Lipinski definition) is 5. The fourth-order valence-electron chi connectivity index (χ4n) is 3.30. The van der Waals surface area contributed by atoms with E-state index in [1.54, 1.807) is 29.7 Å². The second-order valence-electron chi connectivity index (χ2n) is 6.64. The van der Waals surface area contributed by atoms with Crippen molar-refractivity contribution in [3.8, 4) is 0 Å². The molecule has 0 unspecified atom stereocenters. The summed E-state index contributed by atoms with van der Waals surface area (Å²) in [6, 6.07) is 6.62. The van der Waals surface area contributed by atoms with E-state index in [1.165, 1.54) is 37.1 Å². The van der Waals surface area contributed by atoms with Gasteiger partial charge >= 0.3 is 0 Å². The molecular formula is C19H26N2O3S2. The van der Waals surface area contributed by atoms with Gasteiger partial charge in [-0.2, -0.15) is 0 Å². The second-order valence-corrected chi connectivity index (χ2v) is 9.66. The van der Waals surface area contributed by atoms with Gasteiger partial charge in [-0.3, -0.25) is 4.79 Å². The number of amides is 1. The third-order valence-electron chi connectivity index (χ3n) is 4.62. The quantitative estimate of drug-likeness (QED) is 0.704. The topological polar surface area (TPSA) is 89.3 Å². The van der Waals surface area contributed by atoms with Crippen molar-refractivity contribution < 1.29 is 13.2 Å². The summed E-state index contributed by atoms with van der Waals surface area (Å²) < 4.78 is 23.3. The van der Waals surface area contributed by atoms with Crippen LogP contribution in [0.2, 0.25) is 0 Å². The molecule has 1 aliphatic rings. The highest BCUT2D eigenvalue weighted by Crippen LogP contribution is 2.35. The maximum atomic E-state index is 12.8. The van der Waals surface area contributed by atoms with Gasteiger partial charge < -0.3 is 11.1 Å². The number of sulfone groups is 1. The van der Waals surface area contributed by atoms with Crippen LogP contribution in [-0.2, 0) is 14.6 Å². The summed E-state index contributed by atoms with van der Waals surface area (Å²) in [5, 5.41) is 5.00. The summed E-state index contributed by atoms with van der Waals surface area (Å²) in [6.45, 7) is 3.83. The third kappa shape index (κ3) is 5.92. The largest absolute Gasteiger partial charge is 0.404 e. The van der Waals surface area contributed by atoms with Crippen molar-refractivity contribution in [1.29, 1.82) is 0 Å². The first-order valence-electron chi connectivity index (χ1n) is 8.64. The molecule has 2 rings (SSSR count). The molecule has 142 valence electrons. The molecule has 0 aromatic heterocycles. The zero-order chi connectivity index (χ0) is 19.2. The highest BCUT2D eigenvalue weighted by molar-refractivity contribution is 8.05. The highest BCUT2D eigenvalue weighted by atomic mass is 32.2. The van der Waals surface area contributed by atoms with Crippen LogP contribution >= 0.6 is 11.8 Å². The van der Waals surface area contributed by atoms with Crippen LogP contribution in [0.1, 0.15) is 43.6 Å². The number of nitrogens with one attached hydrogen (secondary N) is 1. The molecule has 26 heavy (non-hydrogen) atoms. The molecule has 0 aliphatic heterocycles. The second kappa shape index (κ2) is 9.28. The normalized spacial score (nSPS) is 16.7. The van der Waals surface area contributed by atoms with Crippen molar-refractivity contribution in [3.63, 3.8) is 0 Å². The van der Waals surface area contributed by atoms with Crippen LogP contribution in [-0.4, -0.2) is 20.6 Å². The van der Waals surface area contributed by atoms with Crippen LogP contribution in [0.4, 0.5) is 0 Å². The summed E-state index contributed by atoms with van der Waals surface area (Å²) in [7, 11) is -3.25. The van der Waals surface area contributed by atoms with Gasteiger partial charge in [-0.1, -0.05) is 56.2 Å². The van der Waals surface area contributed by atoms with Gasteiger partial charge in [0.05, 0.1) is 15.8 Å². The summed E-state index contributed by atoms with van der Waals surface area (Å²) in [4.78, 5) is 13.1. The van der Waals surface area contributed by atoms with Crippen molar-refractivity contribution in [3.05, 3.63) is 53.0 Å². The average molecular weight is 395 g/mol. The van der Waals surface area contributed by atoms with Crippen molar-refractivity contribution in [2.24, 2.45) is 11.7 Å². The van der Waals surface area contributed by atoms with Gasteiger partial charge in [0.2, 0.25) is 5.91 Å². The minimum absolute atomic E-state index is 0.119. The molecule has 1 aromatic rings. The van der Waals surface area contributed by atoms with Crippen molar-refractivity contribution in [1.82, 2.24) is 5.32 Å². The lowest BCUT2D eigenvalue weighted by Gasteiger charge is -2.21. The lowest BCUT2D eigenvalue weighted by Crippen LogP contribution is -2.28. The van der Waals surface area contributed by atoms with Crippen LogP contribution in [0, 0.1) is 5.92 Å². The van der Waals surface area contributed by atoms with E-state index >= 15 is 0 Å². The number of thioether (sulfide) groups is 1. The van der Waals surface area contributed by atoms with Crippen LogP contribution in [0.25, 0.3) is 0 Å². The fraction of sp³-hybridized carbons (Fsp3) is 0.421. The van der Waals surface area contributed by atoms with Gasteiger partial charge in [0.15, 0.2) is 9.84 Å². The minimum Gasteiger partial charge on any atom is -0.404 e. The lowest BCUT2D eigenvalue weighted by molar-refractivity contribution is -0.122. The standard InChI is InChI=1S/C19H26N2O3S2/c1-14(25-12-11-20)21-19(22)18(13-15-5-3-4-6-15)16-7-9-17(10-8-16)26(2,23)24/h7-12,15,18H,1,3-6,13,20H2,2H3,(H,21,22)/b12-11-/t18-/m1/s1. The van der Waals surface area contributed by atoms with Gasteiger partial charge in [-0.25, -0.2) is 8.42 Å². The molecule has 3 N–H and O–H groups in total. The van der Waals surface area contributed by atoms with E-state index in [2.05, 4.69) is 11.9 Å². The Bertz CT molecular complexity index is 764. The lowest BCUT2D eigenvalue weighted by atomic mass is 9.87. The molecule has 7 heteroatoms. The Morgan fingerprint density at radius 3 is 2.50 bits per heavy atom. The summed E-state index contributed by atoms with van der Waals surface area (Å²) >= 11 is 1.25. The van der Waals surface area contributed by atoms with E-state index in [1.807, 2.05) is 0 Å². The molecular weight excluding hydrogens is 368 g/mol. The van der Waals surface area contributed by atoms with Gasteiger partial charge in [0.25, 0.3) is 0 Å². The number of carbonyl (C=O) groups is 1. The molecule has 5 nitrogen and oxygen atoms in total. The molecule has 0 heterocycles. The van der Waals surface area contributed by atoms with E-state index in [0.717, 1.165) is 24.8 Å². The van der Waals surface area contributed by atoms with E-state index in [9.17, 15) is 13.2 Å². The van der Waals surface area contributed by atoms with Gasteiger partial charge in [-0.15, -0.1) is 0 Å². The first-order valence-corrected chi connectivity index (χ1v) is 11.4. The van der Waals surface area contributed by atoms with E-state index in [0.29, 0.717) is 10.9 Å². The number of rotatable bonds is 8. The Morgan fingerprint density at radius 2 is 1.96 bits per heavy atom. The number of carbonyl (C=O) groups excluding carboxylic acids is 1. The zero-order valence-corrected chi connectivity index (χ0v) is 16.6. The Morgan fingerprint density at radius 1 is 1.35 bits per heavy atom. The van der Waals surface area contributed by atoms with Gasteiger partial charge in [-0.05, 0) is 35.4 Å². The monoisotopic (exact) mass is 394 g/mol. The predicted molar refractivity (Wildman–Crippen MR) is 107 cm³/mol. The molecule has 0 spiro atoms. The van der Waals surface area contributed by atoms with E-state index < -0.39 is 9.84 Å². The van der Waals surface area contributed by atoms with Crippen molar-refractivity contribution >= 4 is 27.5 Å². The Hall–Kier alpha value is -1.73. The van der Waals surface area contributed by atoms with Crippen LogP contribution < -0.4 is 11.1 Å². The fourth-order valence-corrected chi connectivity index (χ4v) is 4.33. The third-order valence-corrected chi connectivity index (χ3v) is 6.43. The summed E-state index contributed by atoms with van der Waals surface area (Å²) in [5.41, 5.74) is 6.14. The molecule has 0 saturated heterocycles. The van der Waals surface area contributed by atoms with Crippen LogP contribution in [0.3, 0.4) is 0 Å². The van der Waals surface area contributed by atoms with Crippen molar-refractivity contribution in [2.75, 3.05) is 6.26 Å². The zero-order valence-electron chi connectivity index (χ0n) is 15.0. The summed E-state index contributed by atoms with van der Waals surface area (Å²) in [6.07, 6.45) is 8.01. The van der Waals surface area contributed by atoms with Crippen LogP contribution in [0.15, 0.2) is 52.4 Å². The predicted octanol–water partition coefficient (Wildman–Crippen LogP) is 3.50. The molecule has 1 aromatic carbocycles. The molecule has 1 saturated carbocycles.